The molecule has 1 aliphatic heterocycles. The quantitative estimate of drug-likeness (QED) is 0.752. The van der Waals surface area contributed by atoms with Gasteiger partial charge in [-0.3, -0.25) is 0 Å². The van der Waals surface area contributed by atoms with Gasteiger partial charge in [0.15, 0.2) is 0 Å². The number of nitrogens with two attached hydrogens (primary N) is 1. The first kappa shape index (κ1) is 13.3. The Morgan fingerprint density at radius 1 is 1.41 bits per heavy atom. The lowest BCUT2D eigenvalue weighted by Crippen LogP contribution is -2.43. The largest absolute Gasteiger partial charge is 0.385 e. The predicted octanol–water partition coefficient (Wildman–Crippen LogP) is 2.48. The van der Waals surface area contributed by atoms with E-state index in [9.17, 15) is 0 Å². The van der Waals surface area contributed by atoms with Crippen LogP contribution in [0.15, 0.2) is 0 Å². The van der Waals surface area contributed by atoms with Gasteiger partial charge in [0.1, 0.15) is 0 Å². The second-order valence-corrected chi connectivity index (χ2v) is 5.79. The normalized spacial score (nSPS) is 29.6. The molecule has 0 aromatic carbocycles. The lowest BCUT2D eigenvalue weighted by molar-refractivity contribution is -0.0966. The minimum Gasteiger partial charge on any atom is -0.385 e. The first-order valence-corrected chi connectivity index (χ1v) is 7.14. The fraction of sp³-hybridized carbons (Fsp3) is 1.00. The predicted molar refractivity (Wildman–Crippen MR) is 69.0 cm³/mol. The highest BCUT2D eigenvalue weighted by molar-refractivity contribution is 4.93. The van der Waals surface area contributed by atoms with Gasteiger partial charge in [0, 0.05) is 26.4 Å². The maximum atomic E-state index is 6.33. The summed E-state index contributed by atoms with van der Waals surface area (Å²) >= 11 is 0. The molecule has 1 spiro atoms. The number of methoxy groups -OCH3 is 1. The van der Waals surface area contributed by atoms with Gasteiger partial charge in [-0.25, -0.2) is 0 Å². The van der Waals surface area contributed by atoms with E-state index in [-0.39, 0.29) is 5.60 Å². The Balaban J connectivity index is 1.79. The summed E-state index contributed by atoms with van der Waals surface area (Å²) in [4.78, 5) is 0. The Bertz CT molecular complexity index is 226. The number of hydrogen-bond donors (Lipinski definition) is 1. The molecule has 1 heterocycles. The monoisotopic (exact) mass is 241 g/mol. The molecule has 100 valence electrons. The summed E-state index contributed by atoms with van der Waals surface area (Å²) in [6, 6.07) is 0.339. The molecule has 1 saturated carbocycles. The molecule has 2 atom stereocenters. The third-order valence-corrected chi connectivity index (χ3v) is 4.54. The van der Waals surface area contributed by atoms with Crippen LogP contribution in [0, 0.1) is 5.92 Å². The topological polar surface area (TPSA) is 44.5 Å². The van der Waals surface area contributed by atoms with Crippen molar-refractivity contribution in [2.45, 2.75) is 63.0 Å². The molecule has 0 aromatic rings. The summed E-state index contributed by atoms with van der Waals surface area (Å²) in [5.41, 5.74) is 6.54. The van der Waals surface area contributed by atoms with Crippen LogP contribution in [0.1, 0.15) is 51.4 Å². The minimum absolute atomic E-state index is 0.210. The molecule has 2 aliphatic rings. The lowest BCUT2D eigenvalue weighted by atomic mass is 9.80. The molecule has 1 saturated heterocycles. The smallest absolute Gasteiger partial charge is 0.0685 e. The molecular weight excluding hydrogens is 214 g/mol. The van der Waals surface area contributed by atoms with Crippen LogP contribution in [0.3, 0.4) is 0 Å². The van der Waals surface area contributed by atoms with Crippen molar-refractivity contribution in [3.8, 4) is 0 Å². The maximum Gasteiger partial charge on any atom is 0.0685 e. The zero-order valence-corrected chi connectivity index (χ0v) is 11.1. The molecule has 2 unspecified atom stereocenters. The SMILES string of the molecule is COCCCC(N)C1CCOC2(CCCC2)C1. The fourth-order valence-corrected chi connectivity index (χ4v) is 3.50. The Hall–Kier alpha value is -0.120. The first-order valence-electron chi connectivity index (χ1n) is 7.14. The number of hydrogen-bond acceptors (Lipinski definition) is 3. The van der Waals surface area contributed by atoms with Crippen molar-refractivity contribution in [1.82, 2.24) is 0 Å². The van der Waals surface area contributed by atoms with Crippen LogP contribution in [0.5, 0.6) is 0 Å². The number of rotatable bonds is 5. The molecule has 2 N–H and O–H groups in total. The summed E-state index contributed by atoms with van der Waals surface area (Å²) in [7, 11) is 1.76. The summed E-state index contributed by atoms with van der Waals surface area (Å²) in [6.45, 7) is 1.75. The highest BCUT2D eigenvalue weighted by atomic mass is 16.5. The van der Waals surface area contributed by atoms with Crippen LogP contribution in [-0.4, -0.2) is 32.0 Å². The van der Waals surface area contributed by atoms with Gasteiger partial charge in [-0.15, -0.1) is 0 Å². The van der Waals surface area contributed by atoms with Crippen molar-refractivity contribution in [3.05, 3.63) is 0 Å². The summed E-state index contributed by atoms with van der Waals surface area (Å²) in [5.74, 6) is 0.665. The highest BCUT2D eigenvalue weighted by Gasteiger charge is 2.41. The van der Waals surface area contributed by atoms with Gasteiger partial charge in [0.25, 0.3) is 0 Å². The van der Waals surface area contributed by atoms with Gasteiger partial charge >= 0.3 is 0 Å². The van der Waals surface area contributed by atoms with E-state index < -0.39 is 0 Å². The molecular formula is C14H27NO2. The summed E-state index contributed by atoms with van der Waals surface area (Å²) < 4.78 is 11.1. The van der Waals surface area contributed by atoms with Gasteiger partial charge in [-0.05, 0) is 44.4 Å². The third kappa shape index (κ3) is 3.43. The van der Waals surface area contributed by atoms with Crippen LogP contribution in [0.2, 0.25) is 0 Å². The average Bonchev–Trinajstić information content (AvgIpc) is 2.77. The molecule has 0 aromatic heterocycles. The van der Waals surface area contributed by atoms with Crippen molar-refractivity contribution >= 4 is 0 Å². The Labute approximate surface area is 105 Å². The first-order chi connectivity index (χ1) is 8.26. The van der Waals surface area contributed by atoms with Crippen LogP contribution in [-0.2, 0) is 9.47 Å². The zero-order chi connectivity index (χ0) is 12.1. The van der Waals surface area contributed by atoms with Gasteiger partial charge < -0.3 is 15.2 Å². The van der Waals surface area contributed by atoms with E-state index in [1.165, 1.54) is 32.1 Å². The van der Waals surface area contributed by atoms with Crippen molar-refractivity contribution < 1.29 is 9.47 Å². The van der Waals surface area contributed by atoms with Gasteiger partial charge in [0.05, 0.1) is 5.60 Å². The molecule has 0 radical (unpaired) electrons. The maximum absolute atomic E-state index is 6.33. The summed E-state index contributed by atoms with van der Waals surface area (Å²) in [6.07, 6.45) is 9.72. The van der Waals surface area contributed by atoms with Crippen molar-refractivity contribution in [2.24, 2.45) is 11.7 Å². The molecule has 2 rings (SSSR count). The van der Waals surface area contributed by atoms with Crippen LogP contribution >= 0.6 is 0 Å². The molecule has 3 heteroatoms. The van der Waals surface area contributed by atoms with E-state index in [4.69, 9.17) is 15.2 Å². The van der Waals surface area contributed by atoms with Crippen LogP contribution in [0.4, 0.5) is 0 Å². The molecule has 0 amide bonds. The Morgan fingerprint density at radius 3 is 2.88 bits per heavy atom. The molecule has 3 nitrogen and oxygen atoms in total. The Kier molecular flexibility index (Phi) is 4.83. The Morgan fingerprint density at radius 2 is 2.18 bits per heavy atom. The van der Waals surface area contributed by atoms with Gasteiger partial charge in [-0.1, -0.05) is 12.8 Å². The second kappa shape index (κ2) is 6.17. The third-order valence-electron chi connectivity index (χ3n) is 4.54. The van der Waals surface area contributed by atoms with E-state index in [1.807, 2.05) is 0 Å². The molecule has 1 aliphatic carbocycles. The number of ether oxygens (including phenoxy) is 2. The second-order valence-electron chi connectivity index (χ2n) is 5.79. The zero-order valence-electron chi connectivity index (χ0n) is 11.1. The fourth-order valence-electron chi connectivity index (χ4n) is 3.50. The van der Waals surface area contributed by atoms with Gasteiger partial charge in [-0.2, -0.15) is 0 Å². The molecule has 0 bridgehead atoms. The molecule has 17 heavy (non-hydrogen) atoms. The standard InChI is InChI=1S/C14H27NO2/c1-16-9-4-5-13(15)12-6-10-17-14(11-12)7-2-3-8-14/h12-13H,2-11,15H2,1H3. The minimum atomic E-state index is 0.210. The van der Waals surface area contributed by atoms with E-state index >= 15 is 0 Å². The average molecular weight is 241 g/mol. The molecule has 2 fully saturated rings. The van der Waals surface area contributed by atoms with E-state index in [0.29, 0.717) is 12.0 Å². The van der Waals surface area contributed by atoms with Crippen molar-refractivity contribution in [1.29, 1.82) is 0 Å². The lowest BCUT2D eigenvalue weighted by Gasteiger charge is -2.40. The van der Waals surface area contributed by atoms with E-state index in [1.54, 1.807) is 7.11 Å². The van der Waals surface area contributed by atoms with E-state index in [2.05, 4.69) is 0 Å². The van der Waals surface area contributed by atoms with E-state index in [0.717, 1.165) is 32.5 Å². The highest BCUT2D eigenvalue weighted by Crippen LogP contribution is 2.42. The van der Waals surface area contributed by atoms with Crippen LogP contribution < -0.4 is 5.73 Å². The van der Waals surface area contributed by atoms with Crippen molar-refractivity contribution in [2.75, 3.05) is 20.3 Å². The van der Waals surface area contributed by atoms with Gasteiger partial charge in [0.2, 0.25) is 0 Å². The summed E-state index contributed by atoms with van der Waals surface area (Å²) in [5, 5.41) is 0. The van der Waals surface area contributed by atoms with Crippen LogP contribution in [0.25, 0.3) is 0 Å². The van der Waals surface area contributed by atoms with Crippen molar-refractivity contribution in [3.63, 3.8) is 0 Å².